The first-order chi connectivity index (χ1) is 18.1. The number of hydrogen-bond donors (Lipinski definition) is 1. The van der Waals surface area contributed by atoms with Crippen LogP contribution in [0.3, 0.4) is 0 Å². The van der Waals surface area contributed by atoms with Crippen molar-refractivity contribution in [2.45, 2.75) is 25.3 Å². The number of imide groups is 1. The predicted molar refractivity (Wildman–Crippen MR) is 138 cm³/mol. The minimum absolute atomic E-state index is 0.225. The Morgan fingerprint density at radius 1 is 0.892 bits per heavy atom. The molecule has 0 spiro atoms. The Morgan fingerprint density at radius 2 is 1.54 bits per heavy atom. The van der Waals surface area contributed by atoms with E-state index in [9.17, 15) is 14.4 Å². The third-order valence-electron chi connectivity index (χ3n) is 7.00. The average Bonchev–Trinajstić information content (AvgIpc) is 3.05. The minimum atomic E-state index is -0.977. The van der Waals surface area contributed by atoms with E-state index in [2.05, 4.69) is 5.32 Å². The van der Waals surface area contributed by atoms with Crippen LogP contribution in [0.1, 0.15) is 43.8 Å². The number of ketones is 1. The number of nitrogens with one attached hydrogen (secondary N) is 1. The molecule has 186 valence electrons. The van der Waals surface area contributed by atoms with E-state index < -0.39 is 17.9 Å². The quantitative estimate of drug-likeness (QED) is 0.429. The molecule has 7 heteroatoms. The van der Waals surface area contributed by atoms with Gasteiger partial charge in [0.05, 0.1) is 24.3 Å². The number of benzene rings is 3. The molecular formula is C30H26N2O5. The van der Waals surface area contributed by atoms with Gasteiger partial charge in [-0.1, -0.05) is 42.5 Å². The van der Waals surface area contributed by atoms with Crippen LogP contribution in [0.25, 0.3) is 5.70 Å². The third kappa shape index (κ3) is 4.27. The summed E-state index contributed by atoms with van der Waals surface area (Å²) in [5, 5.41) is 3.33. The first-order valence-electron chi connectivity index (χ1n) is 12.5. The summed E-state index contributed by atoms with van der Waals surface area (Å²) in [6.45, 7) is 1.82. The van der Waals surface area contributed by atoms with Crippen LogP contribution in [0, 0.1) is 0 Å². The van der Waals surface area contributed by atoms with Crippen molar-refractivity contribution < 1.29 is 23.9 Å². The van der Waals surface area contributed by atoms with Crippen molar-refractivity contribution >= 4 is 23.3 Å². The molecule has 3 aliphatic heterocycles. The molecule has 3 aromatic rings. The Morgan fingerprint density at radius 3 is 2.24 bits per heavy atom. The first kappa shape index (κ1) is 23.0. The highest BCUT2D eigenvalue weighted by molar-refractivity contribution is 6.23. The zero-order chi connectivity index (χ0) is 25.4. The number of hydrogen-bond acceptors (Lipinski definition) is 6. The highest BCUT2D eigenvalue weighted by Gasteiger charge is 2.42. The number of nitrogens with zero attached hydrogens (tertiary/aromatic N) is 1. The number of carbonyl (C=O) groups excluding carboxylic acids is 3. The fourth-order valence-electron chi connectivity index (χ4n) is 5.15. The number of fused-ring (bicyclic) bond motifs is 3. The van der Waals surface area contributed by atoms with Crippen LogP contribution < -0.4 is 14.8 Å². The molecule has 0 saturated heterocycles. The van der Waals surface area contributed by atoms with Crippen molar-refractivity contribution in [1.29, 1.82) is 0 Å². The van der Waals surface area contributed by atoms with Gasteiger partial charge in [-0.3, -0.25) is 19.3 Å². The van der Waals surface area contributed by atoms with E-state index in [1.807, 2.05) is 42.5 Å². The van der Waals surface area contributed by atoms with Crippen LogP contribution in [0.2, 0.25) is 0 Å². The Balaban J connectivity index is 1.38. The number of amides is 2. The summed E-state index contributed by atoms with van der Waals surface area (Å²) in [7, 11) is 0. The lowest BCUT2D eigenvalue weighted by Crippen LogP contribution is -2.46. The predicted octanol–water partition coefficient (Wildman–Crippen LogP) is 3.81. The van der Waals surface area contributed by atoms with Gasteiger partial charge in [0.25, 0.3) is 11.8 Å². The summed E-state index contributed by atoms with van der Waals surface area (Å²) in [6.07, 6.45) is 3.34. The molecule has 0 saturated carbocycles. The third-order valence-corrected chi connectivity index (χ3v) is 7.00. The molecule has 1 atom stereocenters. The lowest BCUT2D eigenvalue weighted by molar-refractivity contribution is -0.118. The molecule has 3 aliphatic rings. The van der Waals surface area contributed by atoms with Gasteiger partial charge in [-0.15, -0.1) is 0 Å². The van der Waals surface area contributed by atoms with Crippen LogP contribution in [0.4, 0.5) is 0 Å². The zero-order valence-corrected chi connectivity index (χ0v) is 20.2. The monoisotopic (exact) mass is 494 g/mol. The van der Waals surface area contributed by atoms with Crippen LogP contribution >= 0.6 is 0 Å². The second-order valence-corrected chi connectivity index (χ2v) is 9.38. The van der Waals surface area contributed by atoms with Gasteiger partial charge < -0.3 is 14.8 Å². The Hall–Kier alpha value is -4.39. The number of rotatable bonds is 5. The normalized spacial score (nSPS) is 18.1. The molecule has 3 heterocycles. The van der Waals surface area contributed by atoms with Crippen LogP contribution in [-0.2, 0) is 17.6 Å². The van der Waals surface area contributed by atoms with Crippen molar-refractivity contribution in [1.82, 2.24) is 10.2 Å². The standard InChI is InChI=1S/C30H26N2O5/c33-26(18-24-23-17-28-27(36-13-6-14-37-28)16-20(23)11-12-31-24)25(15-19-7-2-1-3-8-19)32-29(34)21-9-4-5-10-22(21)30(32)35/h1-5,7-10,16-18,25,31H,6,11-15H2/b24-18-. The fourth-order valence-corrected chi connectivity index (χ4v) is 5.15. The minimum Gasteiger partial charge on any atom is -0.490 e. The Bertz CT molecular complexity index is 1390. The van der Waals surface area contributed by atoms with E-state index in [0.717, 1.165) is 40.2 Å². The molecule has 0 fully saturated rings. The van der Waals surface area contributed by atoms with E-state index in [-0.39, 0.29) is 12.2 Å². The van der Waals surface area contributed by atoms with Gasteiger partial charge in [-0.05, 0) is 41.8 Å². The topological polar surface area (TPSA) is 84.9 Å². The highest BCUT2D eigenvalue weighted by atomic mass is 16.5. The summed E-state index contributed by atoms with van der Waals surface area (Å²) in [5.74, 6) is 0.166. The molecule has 0 radical (unpaired) electrons. The van der Waals surface area contributed by atoms with Crippen LogP contribution in [0.15, 0.2) is 72.8 Å². The summed E-state index contributed by atoms with van der Waals surface area (Å²) in [6, 6.07) is 19.1. The molecule has 6 rings (SSSR count). The molecule has 37 heavy (non-hydrogen) atoms. The first-order valence-corrected chi connectivity index (χ1v) is 12.5. The van der Waals surface area contributed by atoms with Crippen molar-refractivity contribution in [3.05, 3.63) is 101 Å². The molecule has 0 aliphatic carbocycles. The van der Waals surface area contributed by atoms with Gasteiger partial charge in [0.1, 0.15) is 6.04 Å². The van der Waals surface area contributed by atoms with E-state index in [4.69, 9.17) is 9.47 Å². The van der Waals surface area contributed by atoms with Crippen LogP contribution in [0.5, 0.6) is 11.5 Å². The van der Waals surface area contributed by atoms with Gasteiger partial charge >= 0.3 is 0 Å². The van der Waals surface area contributed by atoms with Crippen molar-refractivity contribution in [2.24, 2.45) is 0 Å². The lowest BCUT2D eigenvalue weighted by Gasteiger charge is -2.26. The maximum Gasteiger partial charge on any atom is 0.262 e. The van der Waals surface area contributed by atoms with E-state index in [1.165, 1.54) is 6.08 Å². The van der Waals surface area contributed by atoms with E-state index >= 15 is 0 Å². The molecule has 0 bridgehead atoms. The molecule has 7 nitrogen and oxygen atoms in total. The van der Waals surface area contributed by atoms with Gasteiger partial charge in [-0.2, -0.15) is 0 Å². The zero-order valence-electron chi connectivity index (χ0n) is 20.2. The van der Waals surface area contributed by atoms with Gasteiger partial charge in [0.15, 0.2) is 17.3 Å². The largest absolute Gasteiger partial charge is 0.490 e. The summed E-state index contributed by atoms with van der Waals surface area (Å²) >= 11 is 0. The summed E-state index contributed by atoms with van der Waals surface area (Å²) in [4.78, 5) is 41.6. The molecule has 0 aromatic heterocycles. The van der Waals surface area contributed by atoms with Gasteiger partial charge in [0, 0.05) is 36.7 Å². The lowest BCUT2D eigenvalue weighted by atomic mass is 9.94. The van der Waals surface area contributed by atoms with Gasteiger partial charge in [-0.25, -0.2) is 0 Å². The molecular weight excluding hydrogens is 468 g/mol. The molecule has 1 unspecified atom stereocenters. The second kappa shape index (κ2) is 9.58. The maximum atomic E-state index is 13.9. The summed E-state index contributed by atoms with van der Waals surface area (Å²) < 4.78 is 11.7. The number of ether oxygens (including phenoxy) is 2. The molecule has 2 amide bonds. The smallest absolute Gasteiger partial charge is 0.262 e. The number of carbonyl (C=O) groups is 3. The fraction of sp³-hybridized carbons (Fsp3) is 0.233. The van der Waals surface area contributed by atoms with Crippen molar-refractivity contribution in [3.8, 4) is 11.5 Å². The van der Waals surface area contributed by atoms with E-state index in [1.54, 1.807) is 24.3 Å². The van der Waals surface area contributed by atoms with Gasteiger partial charge in [0.2, 0.25) is 0 Å². The van der Waals surface area contributed by atoms with Crippen molar-refractivity contribution in [2.75, 3.05) is 19.8 Å². The van der Waals surface area contributed by atoms with Crippen molar-refractivity contribution in [3.63, 3.8) is 0 Å². The highest BCUT2D eigenvalue weighted by Crippen LogP contribution is 2.37. The molecule has 1 N–H and O–H groups in total. The van der Waals surface area contributed by atoms with E-state index in [0.29, 0.717) is 42.3 Å². The SMILES string of the molecule is O=C(/C=C1\NCCc2cc3c(cc21)OCCCO3)C(Cc1ccccc1)N1C(=O)c2ccccc2C1=O. The Kier molecular flexibility index (Phi) is 5.96. The molecule has 3 aromatic carbocycles. The average molecular weight is 495 g/mol. The van der Waals surface area contributed by atoms with Crippen LogP contribution in [-0.4, -0.2) is 48.3 Å². The Labute approximate surface area is 214 Å². The maximum absolute atomic E-state index is 13.9. The summed E-state index contributed by atoms with van der Waals surface area (Å²) in [5.41, 5.74) is 4.09. The second-order valence-electron chi connectivity index (χ2n) is 9.38.